The molecule has 0 radical (unpaired) electrons. The average Bonchev–Trinajstić information content (AvgIpc) is 2.47. The Labute approximate surface area is 87.4 Å². The van der Waals surface area contributed by atoms with Gasteiger partial charge in [0, 0.05) is 12.0 Å². The average molecular weight is 197 g/mol. The number of ether oxygens (including phenoxy) is 1. The first-order valence-corrected chi connectivity index (χ1v) is 5.82. The van der Waals surface area contributed by atoms with Crippen LogP contribution in [0.5, 0.6) is 0 Å². The quantitative estimate of drug-likeness (QED) is 0.644. The first kappa shape index (κ1) is 10.4. The van der Waals surface area contributed by atoms with Crippen molar-refractivity contribution in [3.8, 4) is 0 Å². The number of rotatable bonds is 0. The van der Waals surface area contributed by atoms with Gasteiger partial charge in [-0.2, -0.15) is 0 Å². The highest BCUT2D eigenvalue weighted by molar-refractivity contribution is 5.00. The number of hydrogen-bond acceptors (Lipinski definition) is 2. The minimum atomic E-state index is -0.0113. The molecule has 2 heteroatoms. The van der Waals surface area contributed by atoms with Crippen molar-refractivity contribution >= 4 is 0 Å². The Hall–Kier alpha value is -0.0800. The second-order valence-electron chi connectivity index (χ2n) is 6.05. The van der Waals surface area contributed by atoms with Crippen LogP contribution in [0.4, 0.5) is 0 Å². The second-order valence-corrected chi connectivity index (χ2v) is 6.05. The molecule has 1 aliphatic carbocycles. The van der Waals surface area contributed by atoms with Crippen LogP contribution in [0.2, 0.25) is 0 Å². The summed E-state index contributed by atoms with van der Waals surface area (Å²) >= 11 is 0. The van der Waals surface area contributed by atoms with Crippen LogP contribution in [0.1, 0.15) is 53.4 Å². The Morgan fingerprint density at radius 1 is 1.00 bits per heavy atom. The number of hydrogen-bond donors (Lipinski definition) is 1. The van der Waals surface area contributed by atoms with E-state index in [0.717, 1.165) is 6.54 Å². The SMILES string of the molecule is CC1(C)CNC2(CCCC2)OC1(C)C. The zero-order valence-electron chi connectivity index (χ0n) is 9.94. The molecule has 0 aromatic rings. The summed E-state index contributed by atoms with van der Waals surface area (Å²) in [6.07, 6.45) is 4.99. The highest BCUT2D eigenvalue weighted by atomic mass is 16.5. The van der Waals surface area contributed by atoms with E-state index in [0.29, 0.717) is 0 Å². The maximum Gasteiger partial charge on any atom is 0.120 e. The van der Waals surface area contributed by atoms with Crippen molar-refractivity contribution in [3.05, 3.63) is 0 Å². The van der Waals surface area contributed by atoms with E-state index in [9.17, 15) is 0 Å². The van der Waals surface area contributed by atoms with Gasteiger partial charge in [0.05, 0.1) is 5.60 Å². The molecule has 0 bridgehead atoms. The molecule has 1 saturated carbocycles. The molecule has 2 fully saturated rings. The highest BCUT2D eigenvalue weighted by Gasteiger charge is 2.50. The van der Waals surface area contributed by atoms with Crippen molar-refractivity contribution in [2.24, 2.45) is 5.41 Å². The summed E-state index contributed by atoms with van der Waals surface area (Å²) in [6, 6.07) is 0. The van der Waals surface area contributed by atoms with E-state index in [4.69, 9.17) is 4.74 Å². The van der Waals surface area contributed by atoms with Gasteiger partial charge in [0.2, 0.25) is 0 Å². The van der Waals surface area contributed by atoms with Gasteiger partial charge in [-0.3, -0.25) is 5.32 Å². The summed E-state index contributed by atoms with van der Waals surface area (Å²) in [5, 5.41) is 3.62. The van der Waals surface area contributed by atoms with E-state index >= 15 is 0 Å². The molecule has 1 saturated heterocycles. The lowest BCUT2D eigenvalue weighted by molar-refractivity contribution is -0.232. The maximum atomic E-state index is 6.33. The lowest BCUT2D eigenvalue weighted by Crippen LogP contribution is -2.64. The van der Waals surface area contributed by atoms with Gasteiger partial charge in [-0.05, 0) is 39.5 Å². The summed E-state index contributed by atoms with van der Waals surface area (Å²) in [5.74, 6) is 0. The molecular weight excluding hydrogens is 174 g/mol. The number of nitrogens with one attached hydrogen (secondary N) is 1. The Balaban J connectivity index is 2.16. The Kier molecular flexibility index (Phi) is 2.20. The van der Waals surface area contributed by atoms with Gasteiger partial charge in [0.25, 0.3) is 0 Å². The molecule has 1 spiro atoms. The fourth-order valence-electron chi connectivity index (χ4n) is 2.48. The fourth-order valence-corrected chi connectivity index (χ4v) is 2.48. The maximum absolute atomic E-state index is 6.33. The highest BCUT2D eigenvalue weighted by Crippen LogP contribution is 2.45. The zero-order valence-corrected chi connectivity index (χ0v) is 9.94. The van der Waals surface area contributed by atoms with Gasteiger partial charge >= 0.3 is 0 Å². The Morgan fingerprint density at radius 2 is 1.57 bits per heavy atom. The predicted octanol–water partition coefficient (Wildman–Crippen LogP) is 2.68. The third kappa shape index (κ3) is 1.49. The lowest BCUT2D eigenvalue weighted by atomic mass is 9.75. The first-order chi connectivity index (χ1) is 6.37. The van der Waals surface area contributed by atoms with Crippen LogP contribution in [0.25, 0.3) is 0 Å². The zero-order chi connectivity index (χ0) is 10.4. The smallest absolute Gasteiger partial charge is 0.120 e. The molecule has 0 atom stereocenters. The van der Waals surface area contributed by atoms with Crippen LogP contribution < -0.4 is 5.32 Å². The van der Waals surface area contributed by atoms with E-state index in [-0.39, 0.29) is 16.7 Å². The standard InChI is InChI=1S/C12H23NO/c1-10(2)9-13-12(7-5-6-8-12)14-11(10,3)4/h13H,5-9H2,1-4H3. The molecule has 2 nitrogen and oxygen atoms in total. The molecule has 14 heavy (non-hydrogen) atoms. The largest absolute Gasteiger partial charge is 0.354 e. The van der Waals surface area contributed by atoms with Crippen molar-refractivity contribution in [3.63, 3.8) is 0 Å². The van der Waals surface area contributed by atoms with Crippen LogP contribution in [0, 0.1) is 5.41 Å². The summed E-state index contributed by atoms with van der Waals surface area (Å²) in [6.45, 7) is 10.1. The van der Waals surface area contributed by atoms with Crippen molar-refractivity contribution in [1.82, 2.24) is 5.32 Å². The molecule has 0 aromatic carbocycles. The van der Waals surface area contributed by atoms with Crippen LogP contribution in [-0.4, -0.2) is 17.9 Å². The topological polar surface area (TPSA) is 21.3 Å². The minimum Gasteiger partial charge on any atom is -0.354 e. The third-order valence-corrected chi connectivity index (χ3v) is 4.34. The molecule has 82 valence electrons. The van der Waals surface area contributed by atoms with Gasteiger partial charge in [-0.1, -0.05) is 13.8 Å². The van der Waals surface area contributed by atoms with Crippen molar-refractivity contribution < 1.29 is 4.74 Å². The predicted molar refractivity (Wildman–Crippen MR) is 58.1 cm³/mol. The fraction of sp³-hybridized carbons (Fsp3) is 1.00. The van der Waals surface area contributed by atoms with Crippen LogP contribution >= 0.6 is 0 Å². The lowest BCUT2D eigenvalue weighted by Gasteiger charge is -2.53. The summed E-state index contributed by atoms with van der Waals surface area (Å²) in [7, 11) is 0. The molecule has 2 rings (SSSR count). The molecule has 0 aromatic heterocycles. The molecule has 1 heterocycles. The van der Waals surface area contributed by atoms with Gasteiger partial charge in [0.1, 0.15) is 5.72 Å². The van der Waals surface area contributed by atoms with Gasteiger partial charge in [-0.25, -0.2) is 0 Å². The van der Waals surface area contributed by atoms with Gasteiger partial charge < -0.3 is 4.74 Å². The summed E-state index contributed by atoms with van der Waals surface area (Å²) < 4.78 is 6.33. The van der Waals surface area contributed by atoms with E-state index < -0.39 is 0 Å². The van der Waals surface area contributed by atoms with E-state index in [1.165, 1.54) is 25.7 Å². The normalized spacial score (nSPS) is 33.4. The van der Waals surface area contributed by atoms with Gasteiger partial charge in [-0.15, -0.1) is 0 Å². The van der Waals surface area contributed by atoms with E-state index in [1.54, 1.807) is 0 Å². The van der Waals surface area contributed by atoms with Gasteiger partial charge in [0.15, 0.2) is 0 Å². The second kappa shape index (κ2) is 2.96. The summed E-state index contributed by atoms with van der Waals surface area (Å²) in [4.78, 5) is 0. The molecule has 0 unspecified atom stereocenters. The van der Waals surface area contributed by atoms with Crippen molar-refractivity contribution in [2.45, 2.75) is 64.7 Å². The van der Waals surface area contributed by atoms with E-state index in [2.05, 4.69) is 33.0 Å². The molecule has 0 amide bonds. The monoisotopic (exact) mass is 197 g/mol. The minimum absolute atomic E-state index is 0.0113. The van der Waals surface area contributed by atoms with Crippen LogP contribution in [0.15, 0.2) is 0 Å². The Bertz CT molecular complexity index is 226. The van der Waals surface area contributed by atoms with Crippen LogP contribution in [-0.2, 0) is 4.74 Å². The Morgan fingerprint density at radius 3 is 2.07 bits per heavy atom. The molecule has 1 N–H and O–H groups in total. The van der Waals surface area contributed by atoms with Crippen LogP contribution in [0.3, 0.4) is 0 Å². The van der Waals surface area contributed by atoms with E-state index in [1.807, 2.05) is 0 Å². The van der Waals surface area contributed by atoms with Crippen molar-refractivity contribution in [1.29, 1.82) is 0 Å². The molecular formula is C12H23NO. The molecule has 2 aliphatic rings. The summed E-state index contributed by atoms with van der Waals surface area (Å²) in [5.41, 5.74) is 0.225. The van der Waals surface area contributed by atoms with Crippen molar-refractivity contribution in [2.75, 3.05) is 6.54 Å². The molecule has 1 aliphatic heterocycles. The first-order valence-electron chi connectivity index (χ1n) is 5.82. The third-order valence-electron chi connectivity index (χ3n) is 4.34.